The molecule has 0 radical (unpaired) electrons. The van der Waals surface area contributed by atoms with Gasteiger partial charge >= 0.3 is 6.61 Å². The van der Waals surface area contributed by atoms with Crippen LogP contribution in [0.25, 0.3) is 0 Å². The SMILES string of the molecule is O=C1CC(C(=O)Nc2ccc(OC(F)F)c(Cc3ccccc3)c2)c2ccccc2N1. The van der Waals surface area contributed by atoms with E-state index < -0.39 is 12.5 Å². The lowest BCUT2D eigenvalue weighted by atomic mass is 9.89. The molecule has 0 saturated carbocycles. The third kappa shape index (κ3) is 4.88. The van der Waals surface area contributed by atoms with E-state index in [0.29, 0.717) is 23.4 Å². The molecule has 158 valence electrons. The van der Waals surface area contributed by atoms with Crippen LogP contribution in [-0.4, -0.2) is 18.4 Å². The van der Waals surface area contributed by atoms with Gasteiger partial charge in [0.15, 0.2) is 0 Å². The van der Waals surface area contributed by atoms with Gasteiger partial charge in [0, 0.05) is 29.8 Å². The maximum absolute atomic E-state index is 13.0. The van der Waals surface area contributed by atoms with Crippen LogP contribution in [0.4, 0.5) is 20.2 Å². The lowest BCUT2D eigenvalue weighted by Crippen LogP contribution is -2.30. The Labute approximate surface area is 178 Å². The number of carbonyl (C=O) groups is 2. The number of fused-ring (bicyclic) bond motifs is 1. The molecule has 7 heteroatoms. The summed E-state index contributed by atoms with van der Waals surface area (Å²) in [6.45, 7) is -2.95. The fraction of sp³-hybridized carbons (Fsp3) is 0.167. The van der Waals surface area contributed by atoms with Crippen LogP contribution in [0, 0.1) is 0 Å². The van der Waals surface area contributed by atoms with Crippen LogP contribution in [0.3, 0.4) is 0 Å². The summed E-state index contributed by atoms with van der Waals surface area (Å²) in [6, 6.07) is 21.1. The Kier molecular flexibility index (Phi) is 5.93. The van der Waals surface area contributed by atoms with Gasteiger partial charge in [0.25, 0.3) is 0 Å². The van der Waals surface area contributed by atoms with E-state index in [9.17, 15) is 18.4 Å². The molecular formula is C24H20F2N2O3. The predicted octanol–water partition coefficient (Wildman–Crippen LogP) is 4.94. The van der Waals surface area contributed by atoms with E-state index in [1.807, 2.05) is 36.4 Å². The number of hydrogen-bond acceptors (Lipinski definition) is 3. The molecule has 2 N–H and O–H groups in total. The van der Waals surface area contributed by atoms with Gasteiger partial charge in [0.1, 0.15) is 5.75 Å². The van der Waals surface area contributed by atoms with E-state index in [0.717, 1.165) is 11.1 Å². The van der Waals surface area contributed by atoms with Crippen molar-refractivity contribution in [2.45, 2.75) is 25.4 Å². The van der Waals surface area contributed by atoms with E-state index >= 15 is 0 Å². The Balaban J connectivity index is 1.59. The van der Waals surface area contributed by atoms with Gasteiger partial charge in [-0.2, -0.15) is 8.78 Å². The minimum atomic E-state index is -2.95. The van der Waals surface area contributed by atoms with Crippen LogP contribution < -0.4 is 15.4 Å². The molecule has 0 aromatic heterocycles. The standard InChI is InChI=1S/C24H20F2N2O3/c25-24(26)31-21-11-10-17(13-16(21)12-15-6-2-1-3-7-15)27-23(30)19-14-22(29)28-20-9-5-4-8-18(19)20/h1-11,13,19,24H,12,14H2,(H,27,30)(H,28,29). The fourth-order valence-corrected chi connectivity index (χ4v) is 3.70. The van der Waals surface area contributed by atoms with Gasteiger partial charge < -0.3 is 15.4 Å². The summed E-state index contributed by atoms with van der Waals surface area (Å²) in [5, 5.41) is 5.58. The molecule has 5 nitrogen and oxygen atoms in total. The highest BCUT2D eigenvalue weighted by Gasteiger charge is 2.30. The molecule has 1 aliphatic heterocycles. The summed E-state index contributed by atoms with van der Waals surface area (Å²) in [5.74, 6) is -1.15. The number of para-hydroxylation sites is 1. The number of amides is 2. The first-order valence-electron chi connectivity index (χ1n) is 9.81. The number of alkyl halides is 2. The number of carbonyl (C=O) groups excluding carboxylic acids is 2. The first-order valence-corrected chi connectivity index (χ1v) is 9.81. The molecule has 1 heterocycles. The van der Waals surface area contributed by atoms with Crippen molar-refractivity contribution in [3.05, 3.63) is 89.5 Å². The summed E-state index contributed by atoms with van der Waals surface area (Å²) < 4.78 is 30.3. The molecule has 0 bridgehead atoms. The lowest BCUT2D eigenvalue weighted by Gasteiger charge is -2.25. The van der Waals surface area contributed by atoms with E-state index in [-0.39, 0.29) is 24.0 Å². The van der Waals surface area contributed by atoms with E-state index in [2.05, 4.69) is 15.4 Å². The molecule has 0 spiro atoms. The van der Waals surface area contributed by atoms with Crippen LogP contribution in [-0.2, 0) is 16.0 Å². The van der Waals surface area contributed by atoms with Crippen molar-refractivity contribution in [2.24, 2.45) is 0 Å². The van der Waals surface area contributed by atoms with Crippen LogP contribution in [0.5, 0.6) is 5.75 Å². The second-order valence-corrected chi connectivity index (χ2v) is 7.24. The van der Waals surface area contributed by atoms with Gasteiger partial charge in [-0.15, -0.1) is 0 Å². The van der Waals surface area contributed by atoms with Crippen molar-refractivity contribution in [1.82, 2.24) is 0 Å². The number of benzene rings is 3. The minimum absolute atomic E-state index is 0.0340. The number of rotatable bonds is 6. The van der Waals surface area contributed by atoms with Gasteiger partial charge in [-0.1, -0.05) is 48.5 Å². The Morgan fingerprint density at radius 3 is 2.58 bits per heavy atom. The third-order valence-electron chi connectivity index (χ3n) is 5.10. The first kappa shape index (κ1) is 20.5. The van der Waals surface area contributed by atoms with Crippen molar-refractivity contribution in [3.8, 4) is 5.75 Å². The second kappa shape index (κ2) is 8.95. The number of nitrogens with one attached hydrogen (secondary N) is 2. The van der Waals surface area contributed by atoms with Gasteiger partial charge in [0.2, 0.25) is 11.8 Å². The van der Waals surface area contributed by atoms with Crippen molar-refractivity contribution < 1.29 is 23.1 Å². The Morgan fingerprint density at radius 1 is 1.06 bits per heavy atom. The number of hydrogen-bond donors (Lipinski definition) is 2. The maximum atomic E-state index is 13.0. The zero-order valence-electron chi connectivity index (χ0n) is 16.5. The monoisotopic (exact) mass is 422 g/mol. The smallest absolute Gasteiger partial charge is 0.387 e. The lowest BCUT2D eigenvalue weighted by molar-refractivity contribution is -0.123. The zero-order chi connectivity index (χ0) is 21.8. The highest BCUT2D eigenvalue weighted by Crippen LogP contribution is 2.33. The molecule has 1 atom stereocenters. The van der Waals surface area contributed by atoms with E-state index in [1.54, 1.807) is 24.3 Å². The van der Waals surface area contributed by atoms with E-state index in [4.69, 9.17) is 0 Å². The van der Waals surface area contributed by atoms with Crippen LogP contribution in [0.1, 0.15) is 29.0 Å². The van der Waals surface area contributed by atoms with Crippen molar-refractivity contribution >= 4 is 23.2 Å². The fourth-order valence-electron chi connectivity index (χ4n) is 3.70. The summed E-state index contributed by atoms with van der Waals surface area (Å²) in [5.41, 5.74) is 3.24. The summed E-state index contributed by atoms with van der Waals surface area (Å²) in [6.07, 6.45) is 0.396. The highest BCUT2D eigenvalue weighted by molar-refractivity contribution is 6.05. The largest absolute Gasteiger partial charge is 0.435 e. The molecule has 3 aromatic carbocycles. The van der Waals surface area contributed by atoms with Crippen LogP contribution in [0.2, 0.25) is 0 Å². The normalized spacial score (nSPS) is 15.2. The third-order valence-corrected chi connectivity index (χ3v) is 5.10. The summed E-state index contributed by atoms with van der Waals surface area (Å²) in [4.78, 5) is 25.0. The minimum Gasteiger partial charge on any atom is -0.435 e. The predicted molar refractivity (Wildman–Crippen MR) is 113 cm³/mol. The van der Waals surface area contributed by atoms with Gasteiger partial charge in [0.05, 0.1) is 5.92 Å². The molecule has 31 heavy (non-hydrogen) atoms. The topological polar surface area (TPSA) is 67.4 Å². The molecule has 1 aliphatic rings. The average Bonchev–Trinajstić information content (AvgIpc) is 2.75. The highest BCUT2D eigenvalue weighted by atomic mass is 19.3. The molecule has 0 saturated heterocycles. The molecule has 3 aromatic rings. The molecular weight excluding hydrogens is 402 g/mol. The molecule has 4 rings (SSSR count). The van der Waals surface area contributed by atoms with Crippen LogP contribution >= 0.6 is 0 Å². The van der Waals surface area contributed by atoms with Gasteiger partial charge in [-0.05, 0) is 35.4 Å². The van der Waals surface area contributed by atoms with Crippen molar-refractivity contribution in [2.75, 3.05) is 10.6 Å². The van der Waals surface area contributed by atoms with Gasteiger partial charge in [-0.3, -0.25) is 9.59 Å². The van der Waals surface area contributed by atoms with Crippen molar-refractivity contribution in [1.29, 1.82) is 0 Å². The molecule has 0 fully saturated rings. The molecule has 0 aliphatic carbocycles. The van der Waals surface area contributed by atoms with Crippen molar-refractivity contribution in [3.63, 3.8) is 0 Å². The molecule has 2 amide bonds. The number of anilines is 2. The Morgan fingerprint density at radius 2 is 1.81 bits per heavy atom. The average molecular weight is 422 g/mol. The van der Waals surface area contributed by atoms with Gasteiger partial charge in [-0.25, -0.2) is 0 Å². The summed E-state index contributed by atoms with van der Waals surface area (Å²) in [7, 11) is 0. The number of ether oxygens (including phenoxy) is 1. The Bertz CT molecular complexity index is 1100. The van der Waals surface area contributed by atoms with E-state index in [1.165, 1.54) is 12.1 Å². The molecule has 1 unspecified atom stereocenters. The van der Waals surface area contributed by atoms with Crippen LogP contribution in [0.15, 0.2) is 72.8 Å². The maximum Gasteiger partial charge on any atom is 0.387 e. The summed E-state index contributed by atoms with van der Waals surface area (Å²) >= 11 is 0. The Hall–Kier alpha value is -3.74. The quantitative estimate of drug-likeness (QED) is 0.591. The number of halogens is 2. The first-order chi connectivity index (χ1) is 15.0. The zero-order valence-corrected chi connectivity index (χ0v) is 16.5. The second-order valence-electron chi connectivity index (χ2n) is 7.24.